The summed E-state index contributed by atoms with van der Waals surface area (Å²) in [6, 6.07) is 4.92. The number of halogens is 1. The lowest BCUT2D eigenvalue weighted by molar-refractivity contribution is 0.187. The van der Waals surface area contributed by atoms with Gasteiger partial charge in [0.2, 0.25) is 0 Å². The number of hydrogen-bond acceptors (Lipinski definition) is 4. The second-order valence-corrected chi connectivity index (χ2v) is 4.42. The molecular weight excluding hydrogens is 233 g/mol. The van der Waals surface area contributed by atoms with Crippen LogP contribution in [0, 0.1) is 5.82 Å². The highest BCUT2D eigenvalue weighted by Crippen LogP contribution is 2.20. The average Bonchev–Trinajstić information content (AvgIpc) is 2.25. The predicted octanol–water partition coefficient (Wildman–Crippen LogP) is 1.46. The van der Waals surface area contributed by atoms with Gasteiger partial charge in [0.15, 0.2) is 0 Å². The van der Waals surface area contributed by atoms with Crippen molar-refractivity contribution in [3.63, 3.8) is 0 Å². The fourth-order valence-corrected chi connectivity index (χ4v) is 1.87. The number of nitrogens with zero attached hydrogens (tertiary/aromatic N) is 2. The van der Waals surface area contributed by atoms with E-state index in [1.807, 2.05) is 19.0 Å². The molecule has 1 heterocycles. The summed E-state index contributed by atoms with van der Waals surface area (Å²) < 4.78 is 18.3. The van der Waals surface area contributed by atoms with Crippen LogP contribution in [0.4, 0.5) is 4.39 Å². The molecule has 98 valence electrons. The van der Waals surface area contributed by atoms with Crippen LogP contribution in [0.3, 0.4) is 0 Å². The number of hydrogen-bond donors (Lipinski definition) is 1. The Labute approximate surface area is 106 Å². The van der Waals surface area contributed by atoms with Gasteiger partial charge in [-0.3, -0.25) is 5.01 Å². The van der Waals surface area contributed by atoms with Gasteiger partial charge >= 0.3 is 0 Å². The Balaban J connectivity index is 2.21. The largest absolute Gasteiger partial charge is 0.496 e. The van der Waals surface area contributed by atoms with Crippen LogP contribution < -0.4 is 10.1 Å². The Morgan fingerprint density at radius 2 is 2.22 bits per heavy atom. The molecule has 1 saturated heterocycles. The third-order valence-corrected chi connectivity index (χ3v) is 3.15. The minimum Gasteiger partial charge on any atom is -0.496 e. The van der Waals surface area contributed by atoms with Gasteiger partial charge in [0.25, 0.3) is 0 Å². The highest BCUT2D eigenvalue weighted by Gasteiger charge is 2.21. The zero-order valence-corrected chi connectivity index (χ0v) is 10.9. The monoisotopic (exact) mass is 251 g/mol. The quantitative estimate of drug-likeness (QED) is 0.650. The van der Waals surface area contributed by atoms with Crippen molar-refractivity contribution in [3.8, 4) is 5.75 Å². The van der Waals surface area contributed by atoms with E-state index >= 15 is 0 Å². The Morgan fingerprint density at radius 3 is 2.78 bits per heavy atom. The molecule has 1 aromatic rings. The van der Waals surface area contributed by atoms with Crippen molar-refractivity contribution in [1.29, 1.82) is 0 Å². The first-order valence-electron chi connectivity index (χ1n) is 5.94. The number of benzene rings is 1. The summed E-state index contributed by atoms with van der Waals surface area (Å²) in [6.07, 6.45) is 0. The van der Waals surface area contributed by atoms with Crippen molar-refractivity contribution in [2.75, 3.05) is 27.2 Å². The maximum Gasteiger partial charge on any atom is 0.130 e. The minimum absolute atomic E-state index is 0.306. The smallest absolute Gasteiger partial charge is 0.130 e. The van der Waals surface area contributed by atoms with Crippen molar-refractivity contribution in [1.82, 2.24) is 10.3 Å². The molecule has 0 amide bonds. The summed E-state index contributed by atoms with van der Waals surface area (Å²) in [5, 5.41) is 9.65. The summed E-state index contributed by atoms with van der Waals surface area (Å²) >= 11 is 0. The fraction of sp³-hybridized carbons (Fsp3) is 0.462. The highest BCUT2D eigenvalue weighted by molar-refractivity contribution is 6.00. The normalized spacial score (nSPS) is 16.3. The number of methoxy groups -OCH3 is 1. The molecule has 0 saturated carbocycles. The Bertz CT molecular complexity index is 458. The molecule has 1 aromatic carbocycles. The third-order valence-electron chi connectivity index (χ3n) is 3.15. The second-order valence-electron chi connectivity index (χ2n) is 4.42. The van der Waals surface area contributed by atoms with Crippen LogP contribution in [0.1, 0.15) is 12.5 Å². The first-order valence-corrected chi connectivity index (χ1v) is 5.94. The molecule has 4 nitrogen and oxygen atoms in total. The van der Waals surface area contributed by atoms with Crippen LogP contribution in [-0.2, 0) is 0 Å². The molecule has 0 aromatic heterocycles. The van der Waals surface area contributed by atoms with Crippen LogP contribution in [0.15, 0.2) is 23.3 Å². The first-order chi connectivity index (χ1) is 8.61. The van der Waals surface area contributed by atoms with E-state index in [2.05, 4.69) is 10.4 Å². The van der Waals surface area contributed by atoms with E-state index < -0.39 is 0 Å². The molecule has 5 heteroatoms. The fourth-order valence-electron chi connectivity index (χ4n) is 1.87. The van der Waals surface area contributed by atoms with E-state index in [0.717, 1.165) is 24.4 Å². The molecule has 0 aliphatic carbocycles. The van der Waals surface area contributed by atoms with Crippen LogP contribution in [0.25, 0.3) is 0 Å². The van der Waals surface area contributed by atoms with E-state index in [1.54, 1.807) is 6.07 Å². The molecule has 0 atom stereocenters. The Morgan fingerprint density at radius 1 is 1.50 bits per heavy atom. The lowest BCUT2D eigenvalue weighted by Gasteiger charge is -2.34. The summed E-state index contributed by atoms with van der Waals surface area (Å²) in [5.74, 6) is 0.205. The molecule has 18 heavy (non-hydrogen) atoms. The molecule has 1 aliphatic heterocycles. The van der Waals surface area contributed by atoms with Gasteiger partial charge in [-0.25, -0.2) is 4.39 Å². The summed E-state index contributed by atoms with van der Waals surface area (Å²) in [7, 11) is 3.48. The van der Waals surface area contributed by atoms with Gasteiger partial charge in [-0.05, 0) is 19.1 Å². The van der Waals surface area contributed by atoms with Gasteiger partial charge in [-0.1, -0.05) is 0 Å². The van der Waals surface area contributed by atoms with E-state index in [4.69, 9.17) is 4.74 Å². The maximum atomic E-state index is 13.1. The number of hydrazone groups is 1. The molecular formula is C13H18FN3O. The van der Waals surface area contributed by atoms with Gasteiger partial charge in [0, 0.05) is 31.8 Å². The van der Waals surface area contributed by atoms with Crippen LogP contribution in [0.2, 0.25) is 0 Å². The van der Waals surface area contributed by atoms with Gasteiger partial charge in [-0.2, -0.15) is 5.10 Å². The molecule has 0 bridgehead atoms. The number of likely N-dealkylation sites (N-methyl/N-ethyl adjacent to an activating group) is 1. The van der Waals surface area contributed by atoms with Gasteiger partial charge in [0.1, 0.15) is 11.6 Å². The molecule has 0 spiro atoms. The zero-order chi connectivity index (χ0) is 13.1. The van der Waals surface area contributed by atoms with Gasteiger partial charge < -0.3 is 10.1 Å². The van der Waals surface area contributed by atoms with E-state index in [1.165, 1.54) is 19.2 Å². The van der Waals surface area contributed by atoms with Gasteiger partial charge in [-0.15, -0.1) is 0 Å². The minimum atomic E-state index is -0.306. The topological polar surface area (TPSA) is 36.9 Å². The molecule has 2 rings (SSSR count). The van der Waals surface area contributed by atoms with Crippen molar-refractivity contribution < 1.29 is 9.13 Å². The molecule has 1 N–H and O–H groups in total. The van der Waals surface area contributed by atoms with Crippen LogP contribution in [0.5, 0.6) is 5.75 Å². The standard InChI is InChI=1S/C13H18FN3O/c1-9(16-17(2)11-7-15-8-11)12-5-4-10(14)6-13(12)18-3/h4-6,11,15H,7-8H2,1-3H3/b16-9+. The first kappa shape index (κ1) is 12.8. The molecule has 1 aliphatic rings. The lowest BCUT2D eigenvalue weighted by Crippen LogP contribution is -2.54. The molecule has 1 fully saturated rings. The van der Waals surface area contributed by atoms with Gasteiger partial charge in [0.05, 0.1) is 18.9 Å². The maximum absolute atomic E-state index is 13.1. The van der Waals surface area contributed by atoms with Crippen LogP contribution >= 0.6 is 0 Å². The predicted molar refractivity (Wildman–Crippen MR) is 69.6 cm³/mol. The van der Waals surface area contributed by atoms with Crippen molar-refractivity contribution in [2.45, 2.75) is 13.0 Å². The summed E-state index contributed by atoms with van der Waals surface area (Å²) in [5.41, 5.74) is 1.64. The lowest BCUT2D eigenvalue weighted by atomic mass is 10.1. The number of ether oxygens (including phenoxy) is 1. The third kappa shape index (κ3) is 2.61. The van der Waals surface area contributed by atoms with Crippen molar-refractivity contribution >= 4 is 5.71 Å². The second kappa shape index (κ2) is 5.35. The van der Waals surface area contributed by atoms with Crippen molar-refractivity contribution in [3.05, 3.63) is 29.6 Å². The zero-order valence-electron chi connectivity index (χ0n) is 10.9. The molecule has 0 unspecified atom stereocenters. The Kier molecular flexibility index (Phi) is 3.81. The highest BCUT2D eigenvalue weighted by atomic mass is 19.1. The number of rotatable bonds is 4. The SMILES string of the molecule is COc1cc(F)ccc1/C(C)=N/N(C)C1CNC1. The molecule has 0 radical (unpaired) electrons. The number of nitrogens with one attached hydrogen (secondary N) is 1. The van der Waals surface area contributed by atoms with E-state index in [9.17, 15) is 4.39 Å². The van der Waals surface area contributed by atoms with E-state index in [0.29, 0.717) is 11.8 Å². The van der Waals surface area contributed by atoms with Crippen LogP contribution in [-0.4, -0.2) is 44.0 Å². The summed E-state index contributed by atoms with van der Waals surface area (Å²) in [4.78, 5) is 0. The summed E-state index contributed by atoms with van der Waals surface area (Å²) in [6.45, 7) is 3.81. The average molecular weight is 251 g/mol. The van der Waals surface area contributed by atoms with E-state index in [-0.39, 0.29) is 5.82 Å². The van der Waals surface area contributed by atoms with Crippen molar-refractivity contribution in [2.24, 2.45) is 5.10 Å². The Hall–Kier alpha value is -1.62.